The third kappa shape index (κ3) is 4.10. The van der Waals surface area contributed by atoms with Crippen molar-refractivity contribution in [2.75, 3.05) is 11.9 Å². The van der Waals surface area contributed by atoms with Crippen LogP contribution in [0.2, 0.25) is 0 Å². The number of hydrogen-bond acceptors (Lipinski definition) is 4. The molecule has 1 aliphatic heterocycles. The quantitative estimate of drug-likeness (QED) is 0.298. The van der Waals surface area contributed by atoms with E-state index in [1.54, 1.807) is 42.7 Å². The van der Waals surface area contributed by atoms with E-state index in [-0.39, 0.29) is 17.9 Å². The van der Waals surface area contributed by atoms with Gasteiger partial charge in [-0.1, -0.05) is 18.2 Å². The smallest absolute Gasteiger partial charge is 0.257 e. The Morgan fingerprint density at radius 2 is 1.76 bits per heavy atom. The molecule has 0 radical (unpaired) electrons. The highest BCUT2D eigenvalue weighted by molar-refractivity contribution is 6.06. The first kappa shape index (κ1) is 21.6. The largest absolute Gasteiger partial charge is 0.352 e. The Balaban J connectivity index is 1.66. The Labute approximate surface area is 196 Å². The zero-order valence-corrected chi connectivity index (χ0v) is 18.9. The number of pyridine rings is 1. The SMILES string of the molecule is CC1CCCCNC(=O)c2cccc(c2)C(=O)Nc2nc3cccc(-c4ccc[n+](O)c4)c3n21. The number of carbonyl (C=O) groups excluding carboxylic acids is 2. The van der Waals surface area contributed by atoms with Crippen LogP contribution in [0.25, 0.3) is 22.2 Å². The number of nitrogens with one attached hydrogen (secondary N) is 2. The van der Waals surface area contributed by atoms with Crippen LogP contribution < -0.4 is 15.4 Å². The fourth-order valence-electron chi connectivity index (χ4n) is 4.49. The molecular weight excluding hydrogens is 430 g/mol. The van der Waals surface area contributed by atoms with Crippen molar-refractivity contribution in [3.8, 4) is 11.1 Å². The predicted octanol–water partition coefficient (Wildman–Crippen LogP) is 3.96. The summed E-state index contributed by atoms with van der Waals surface area (Å²) in [6.45, 7) is 2.68. The van der Waals surface area contributed by atoms with Gasteiger partial charge in [-0.2, -0.15) is 0 Å². The number of carbonyl (C=O) groups is 2. The van der Waals surface area contributed by atoms with Crippen LogP contribution in [0.15, 0.2) is 67.0 Å². The lowest BCUT2D eigenvalue weighted by Gasteiger charge is -2.20. The molecule has 2 amide bonds. The van der Waals surface area contributed by atoms with Crippen LogP contribution in [0, 0.1) is 0 Å². The van der Waals surface area contributed by atoms with Gasteiger partial charge in [-0.25, -0.2) is 4.98 Å². The maximum Gasteiger partial charge on any atom is 0.257 e. The first-order valence-corrected chi connectivity index (χ1v) is 11.4. The van der Waals surface area contributed by atoms with Crippen LogP contribution in [0.5, 0.6) is 0 Å². The van der Waals surface area contributed by atoms with Crippen molar-refractivity contribution in [2.24, 2.45) is 0 Å². The molecular formula is C26H26N5O3+. The van der Waals surface area contributed by atoms with Crippen LogP contribution in [0.3, 0.4) is 0 Å². The maximum absolute atomic E-state index is 13.2. The molecule has 8 nitrogen and oxygen atoms in total. The molecule has 4 aromatic rings. The third-order valence-corrected chi connectivity index (χ3v) is 6.19. The van der Waals surface area contributed by atoms with E-state index in [9.17, 15) is 14.8 Å². The van der Waals surface area contributed by atoms with Crippen LogP contribution >= 0.6 is 0 Å². The molecule has 2 aromatic carbocycles. The molecule has 3 heterocycles. The Bertz CT molecular complexity index is 1390. The first-order chi connectivity index (χ1) is 16.5. The molecule has 0 aliphatic carbocycles. The number of amides is 2. The second kappa shape index (κ2) is 8.97. The number of imidazole rings is 1. The van der Waals surface area contributed by atoms with E-state index in [1.807, 2.05) is 24.3 Å². The maximum atomic E-state index is 13.2. The molecule has 2 aromatic heterocycles. The van der Waals surface area contributed by atoms with Gasteiger partial charge in [-0.05, 0) is 56.5 Å². The van der Waals surface area contributed by atoms with Gasteiger partial charge in [0.05, 0.1) is 16.6 Å². The Morgan fingerprint density at radius 1 is 1.00 bits per heavy atom. The van der Waals surface area contributed by atoms with Gasteiger partial charge in [-0.3, -0.25) is 20.1 Å². The van der Waals surface area contributed by atoms with Crippen LogP contribution in [-0.2, 0) is 0 Å². The van der Waals surface area contributed by atoms with Crippen molar-refractivity contribution in [3.05, 3.63) is 78.1 Å². The minimum Gasteiger partial charge on any atom is -0.352 e. The zero-order valence-electron chi connectivity index (χ0n) is 18.9. The van der Waals surface area contributed by atoms with Gasteiger partial charge >= 0.3 is 0 Å². The highest BCUT2D eigenvalue weighted by atomic mass is 16.5. The van der Waals surface area contributed by atoms with Gasteiger partial charge in [0, 0.05) is 40.1 Å². The van der Waals surface area contributed by atoms with E-state index in [0.29, 0.717) is 23.6 Å². The van der Waals surface area contributed by atoms with Crippen LogP contribution in [0.4, 0.5) is 5.95 Å². The van der Waals surface area contributed by atoms with Gasteiger partial charge in [0.15, 0.2) is 0 Å². The highest BCUT2D eigenvalue weighted by Gasteiger charge is 2.22. The molecule has 3 N–H and O–H groups in total. The normalized spacial score (nSPS) is 16.9. The fourth-order valence-corrected chi connectivity index (χ4v) is 4.49. The molecule has 34 heavy (non-hydrogen) atoms. The van der Waals surface area contributed by atoms with Crippen molar-refractivity contribution < 1.29 is 19.5 Å². The summed E-state index contributed by atoms with van der Waals surface area (Å²) < 4.78 is 3.10. The van der Waals surface area contributed by atoms with E-state index >= 15 is 0 Å². The van der Waals surface area contributed by atoms with Crippen LogP contribution in [-0.4, -0.2) is 33.1 Å². The summed E-state index contributed by atoms with van der Waals surface area (Å²) in [5.74, 6) is -0.0507. The Kier molecular flexibility index (Phi) is 5.71. The van der Waals surface area contributed by atoms with Gasteiger partial charge in [0.2, 0.25) is 18.3 Å². The fraction of sp³-hybridized carbons (Fsp3) is 0.231. The predicted molar refractivity (Wildman–Crippen MR) is 128 cm³/mol. The average molecular weight is 457 g/mol. The minimum atomic E-state index is -0.329. The summed E-state index contributed by atoms with van der Waals surface area (Å²) in [6.07, 6.45) is 5.80. The lowest BCUT2D eigenvalue weighted by Crippen LogP contribution is -2.28. The second-order valence-corrected chi connectivity index (χ2v) is 8.59. The molecule has 172 valence electrons. The Hall–Kier alpha value is -4.20. The summed E-state index contributed by atoms with van der Waals surface area (Å²) in [6, 6.07) is 16.3. The highest BCUT2D eigenvalue weighted by Crippen LogP contribution is 2.34. The number of hydrogen-bond donors (Lipinski definition) is 3. The van der Waals surface area contributed by atoms with E-state index in [0.717, 1.165) is 46.2 Å². The number of aromatic nitrogens is 3. The average Bonchev–Trinajstić information content (AvgIpc) is 3.21. The molecule has 2 bridgehead atoms. The number of anilines is 1. The number of para-hydroxylation sites is 1. The zero-order chi connectivity index (χ0) is 23.7. The van der Waals surface area contributed by atoms with Gasteiger partial charge in [0.25, 0.3) is 11.8 Å². The van der Waals surface area contributed by atoms with Crippen LogP contribution in [0.1, 0.15) is 52.9 Å². The summed E-state index contributed by atoms with van der Waals surface area (Å²) in [5.41, 5.74) is 4.24. The van der Waals surface area contributed by atoms with Gasteiger partial charge in [-0.15, -0.1) is 0 Å². The molecule has 1 atom stereocenters. The van der Waals surface area contributed by atoms with Crippen molar-refractivity contribution in [1.29, 1.82) is 0 Å². The lowest BCUT2D eigenvalue weighted by atomic mass is 10.0. The van der Waals surface area contributed by atoms with E-state index < -0.39 is 0 Å². The van der Waals surface area contributed by atoms with Gasteiger partial charge < -0.3 is 9.88 Å². The van der Waals surface area contributed by atoms with Crippen molar-refractivity contribution in [1.82, 2.24) is 14.9 Å². The van der Waals surface area contributed by atoms with E-state index in [2.05, 4.69) is 22.1 Å². The second-order valence-electron chi connectivity index (χ2n) is 8.59. The third-order valence-electron chi connectivity index (χ3n) is 6.19. The van der Waals surface area contributed by atoms with Crippen molar-refractivity contribution in [2.45, 2.75) is 32.2 Å². The molecule has 1 aliphatic rings. The molecule has 0 spiro atoms. The summed E-state index contributed by atoms with van der Waals surface area (Å²) in [5, 5.41) is 15.9. The number of benzene rings is 2. The molecule has 5 rings (SSSR count). The number of rotatable bonds is 1. The summed E-state index contributed by atoms with van der Waals surface area (Å²) >= 11 is 0. The number of fused-ring (bicyclic) bond motifs is 5. The molecule has 0 saturated heterocycles. The summed E-state index contributed by atoms with van der Waals surface area (Å²) in [7, 11) is 0. The van der Waals surface area contributed by atoms with E-state index in [4.69, 9.17) is 4.98 Å². The van der Waals surface area contributed by atoms with Gasteiger partial charge in [0.1, 0.15) is 0 Å². The molecule has 1 unspecified atom stereocenters. The number of nitrogens with zero attached hydrogens (tertiary/aromatic N) is 3. The van der Waals surface area contributed by atoms with Crippen molar-refractivity contribution in [3.63, 3.8) is 0 Å². The monoisotopic (exact) mass is 456 g/mol. The topological polar surface area (TPSA) is 100 Å². The first-order valence-electron chi connectivity index (χ1n) is 11.4. The van der Waals surface area contributed by atoms with Crippen molar-refractivity contribution >= 4 is 28.8 Å². The minimum absolute atomic E-state index is 0.0383. The molecule has 8 heteroatoms. The Morgan fingerprint density at radius 3 is 2.59 bits per heavy atom. The standard InChI is InChI=1S/C26H25N5O3/c1-17-7-2-3-13-27-24(32)18-8-4-9-19(15-18)25(33)29-26-28-22-12-5-11-21(23(22)31(17)26)20-10-6-14-30(34)16-20/h4-6,8-12,14-17H,2-3,7,13H2,1H3,(H2-,27,28,29,32,33,34)/p+1. The lowest BCUT2D eigenvalue weighted by molar-refractivity contribution is -0.904. The summed E-state index contributed by atoms with van der Waals surface area (Å²) in [4.78, 5) is 30.4. The van der Waals surface area contributed by atoms with E-state index in [1.165, 1.54) is 0 Å². The molecule has 0 saturated carbocycles. The molecule has 0 fully saturated rings.